The molecule has 0 radical (unpaired) electrons. The largest absolute Gasteiger partial charge is 0.507 e. The molecule has 0 spiro atoms. The van der Waals surface area contributed by atoms with E-state index in [1.807, 2.05) is 13.8 Å². The molecule has 8 nitrogen and oxygen atoms in total. The van der Waals surface area contributed by atoms with E-state index >= 15 is 0 Å². The lowest BCUT2D eigenvalue weighted by Crippen LogP contribution is -2.46. The minimum Gasteiger partial charge on any atom is -0.507 e. The second-order valence-electron chi connectivity index (χ2n) is 9.43. The molecule has 4 aliphatic rings. The highest BCUT2D eigenvalue weighted by Gasteiger charge is 2.85. The number of Topliss-reactive ketones (excluding diaryl/α,β-unsaturated/α-hetero) is 1. The molecule has 1 N–H and O–H groups in total. The molecule has 0 amide bonds. The molecule has 0 saturated carbocycles. The number of ketones is 2. The number of ether oxygens (including phenoxy) is 3. The van der Waals surface area contributed by atoms with Crippen LogP contribution in [0.25, 0.3) is 23.1 Å². The van der Waals surface area contributed by atoms with Crippen molar-refractivity contribution in [2.45, 2.75) is 37.6 Å². The second-order valence-corrected chi connectivity index (χ2v) is 9.43. The van der Waals surface area contributed by atoms with Crippen LogP contribution in [-0.2, 0) is 24.7 Å². The van der Waals surface area contributed by atoms with Gasteiger partial charge in [0.1, 0.15) is 22.5 Å². The van der Waals surface area contributed by atoms with Crippen LogP contribution in [0, 0.1) is 0 Å². The summed E-state index contributed by atoms with van der Waals surface area (Å²) in [5.41, 5.74) is -3.55. The van der Waals surface area contributed by atoms with E-state index in [-0.39, 0.29) is 39.4 Å². The van der Waals surface area contributed by atoms with Crippen LogP contribution in [0.2, 0.25) is 0 Å². The van der Waals surface area contributed by atoms with E-state index in [2.05, 4.69) is 6.58 Å². The first-order valence-electron chi connectivity index (χ1n) is 10.7. The number of fused-ring (bicyclic) bond motifs is 4. The third-order valence-electron chi connectivity index (χ3n) is 6.79. The monoisotopic (exact) mass is 460 g/mol. The Kier molecular flexibility index (Phi) is 3.62. The topological polar surface area (TPSA) is 116 Å². The van der Waals surface area contributed by atoms with Crippen LogP contribution in [0.5, 0.6) is 11.5 Å². The molecule has 2 aromatic rings. The number of methoxy groups -OCH3 is 1. The van der Waals surface area contributed by atoms with Gasteiger partial charge in [-0.1, -0.05) is 12.2 Å². The average Bonchev–Trinajstić information content (AvgIpc) is 3.49. The van der Waals surface area contributed by atoms with E-state index in [0.717, 1.165) is 6.08 Å². The zero-order valence-corrected chi connectivity index (χ0v) is 18.9. The van der Waals surface area contributed by atoms with Gasteiger partial charge in [0, 0.05) is 12.1 Å². The minimum absolute atomic E-state index is 0.0188. The Hall–Kier alpha value is -3.91. The summed E-state index contributed by atoms with van der Waals surface area (Å²) in [6.45, 7) is 9.27. The molecule has 1 fully saturated rings. The van der Waals surface area contributed by atoms with Gasteiger partial charge in [-0.15, -0.1) is 0 Å². The molecule has 1 aromatic carbocycles. The van der Waals surface area contributed by atoms with Crippen molar-refractivity contribution in [3.8, 4) is 11.5 Å². The highest BCUT2D eigenvalue weighted by Crippen LogP contribution is 2.67. The van der Waals surface area contributed by atoms with E-state index in [4.69, 9.17) is 18.6 Å². The molecule has 3 heterocycles. The summed E-state index contributed by atoms with van der Waals surface area (Å²) in [7, 11) is 1.29. The summed E-state index contributed by atoms with van der Waals surface area (Å²) in [5, 5.41) is 10.7. The molecule has 2 atom stereocenters. The van der Waals surface area contributed by atoms with Crippen LogP contribution in [-0.4, -0.2) is 35.0 Å². The van der Waals surface area contributed by atoms with E-state index < -0.39 is 33.8 Å². The predicted molar refractivity (Wildman–Crippen MR) is 121 cm³/mol. The van der Waals surface area contributed by atoms with Gasteiger partial charge in [0.2, 0.25) is 28.2 Å². The standard InChI is InChI=1S/C26H20O8/c1-11(2)14-8-13-20(29)19-15(27)9-16-12(6-7-24(3,4)33-16)21(19)32-23(13)26-18(28)10-17(31-5)22(30)25(14,26)34-26/h6-10,27H,1H2,2-5H3. The quantitative estimate of drug-likeness (QED) is 0.679. The van der Waals surface area contributed by atoms with E-state index in [9.17, 15) is 19.5 Å². The zero-order valence-electron chi connectivity index (χ0n) is 18.9. The maximum Gasteiger partial charge on any atom is 0.237 e. The van der Waals surface area contributed by atoms with Crippen LogP contribution in [0.15, 0.2) is 50.9 Å². The number of benzene rings is 1. The highest BCUT2D eigenvalue weighted by atomic mass is 16.7. The second kappa shape index (κ2) is 5.95. The Balaban J connectivity index is 1.74. The fourth-order valence-corrected chi connectivity index (χ4v) is 5.19. The lowest BCUT2D eigenvalue weighted by molar-refractivity contribution is -0.126. The van der Waals surface area contributed by atoms with Crippen LogP contribution < -0.4 is 10.2 Å². The van der Waals surface area contributed by atoms with Crippen LogP contribution >= 0.6 is 0 Å². The number of epoxide rings is 1. The fraction of sp³-hybridized carbons (Fsp3) is 0.269. The van der Waals surface area contributed by atoms with Crippen molar-refractivity contribution in [3.63, 3.8) is 0 Å². The normalized spacial score (nSPS) is 27.5. The molecule has 34 heavy (non-hydrogen) atoms. The lowest BCUT2D eigenvalue weighted by Gasteiger charge is -2.30. The molecule has 6 rings (SSSR count). The summed E-state index contributed by atoms with van der Waals surface area (Å²) < 4.78 is 23.3. The fourth-order valence-electron chi connectivity index (χ4n) is 5.19. The van der Waals surface area contributed by atoms with Crippen molar-refractivity contribution >= 4 is 34.7 Å². The summed E-state index contributed by atoms with van der Waals surface area (Å²) >= 11 is 0. The molecule has 8 heteroatoms. The molecule has 1 saturated heterocycles. The Morgan fingerprint density at radius 2 is 1.85 bits per heavy atom. The van der Waals surface area contributed by atoms with Crippen molar-refractivity contribution in [1.29, 1.82) is 0 Å². The SMILES string of the molecule is C=C(C)C1=Cc2c(oc3c4c(cc(O)c3c2=O)OC(C)(C)C=C4)C23OC12C(=O)C(OC)=CC3=O. The molecular formula is C26H20O8. The molecule has 172 valence electrons. The first kappa shape index (κ1) is 20.7. The number of carbonyl (C=O) groups excluding carboxylic acids is 2. The maximum atomic E-state index is 13.7. The van der Waals surface area contributed by atoms with Gasteiger partial charge in [0.25, 0.3) is 0 Å². The van der Waals surface area contributed by atoms with Gasteiger partial charge in [0.05, 0.1) is 18.2 Å². The number of hydrogen-bond acceptors (Lipinski definition) is 8. The van der Waals surface area contributed by atoms with Crippen LogP contribution in [0.3, 0.4) is 0 Å². The number of phenolic OH excluding ortho intramolecular Hbond substituents is 1. The van der Waals surface area contributed by atoms with E-state index in [1.54, 1.807) is 19.1 Å². The Bertz CT molecular complexity index is 1560. The van der Waals surface area contributed by atoms with Gasteiger partial charge in [-0.2, -0.15) is 0 Å². The first-order valence-corrected chi connectivity index (χ1v) is 10.7. The third kappa shape index (κ3) is 2.14. The Labute approximate surface area is 193 Å². The highest BCUT2D eigenvalue weighted by molar-refractivity contribution is 6.23. The van der Waals surface area contributed by atoms with Crippen molar-refractivity contribution < 1.29 is 33.3 Å². The molecule has 2 unspecified atom stereocenters. The number of rotatable bonds is 2. The zero-order chi connectivity index (χ0) is 24.4. The number of phenols is 1. The number of aromatic hydroxyl groups is 1. The lowest BCUT2D eigenvalue weighted by atomic mass is 9.69. The number of hydrogen-bond donors (Lipinski definition) is 1. The number of carbonyl (C=O) groups is 2. The first-order chi connectivity index (χ1) is 16.0. The molecule has 1 aromatic heterocycles. The molecule has 2 aliphatic carbocycles. The van der Waals surface area contributed by atoms with E-state index in [0.29, 0.717) is 16.9 Å². The predicted octanol–water partition coefficient (Wildman–Crippen LogP) is 3.30. The van der Waals surface area contributed by atoms with Gasteiger partial charge in [0.15, 0.2) is 17.1 Å². The molecule has 0 bridgehead atoms. The van der Waals surface area contributed by atoms with Crippen molar-refractivity contribution in [1.82, 2.24) is 0 Å². The van der Waals surface area contributed by atoms with Gasteiger partial charge < -0.3 is 23.7 Å². The average molecular weight is 460 g/mol. The summed E-state index contributed by atoms with van der Waals surface area (Å²) in [6.07, 6.45) is 6.05. The summed E-state index contributed by atoms with van der Waals surface area (Å²) in [6, 6.07) is 1.37. The smallest absolute Gasteiger partial charge is 0.237 e. The van der Waals surface area contributed by atoms with E-state index in [1.165, 1.54) is 19.3 Å². The maximum absolute atomic E-state index is 13.7. The summed E-state index contributed by atoms with van der Waals surface area (Å²) in [5.74, 6) is -1.37. The third-order valence-corrected chi connectivity index (χ3v) is 6.79. The summed E-state index contributed by atoms with van der Waals surface area (Å²) in [4.78, 5) is 40.4. The van der Waals surface area contributed by atoms with Gasteiger partial charge in [-0.3, -0.25) is 14.4 Å². The minimum atomic E-state index is -1.85. The Morgan fingerprint density at radius 1 is 1.12 bits per heavy atom. The van der Waals surface area contributed by atoms with Crippen molar-refractivity contribution in [2.24, 2.45) is 0 Å². The van der Waals surface area contributed by atoms with Crippen molar-refractivity contribution in [3.05, 3.63) is 68.8 Å². The Morgan fingerprint density at radius 3 is 2.53 bits per heavy atom. The van der Waals surface area contributed by atoms with Gasteiger partial charge >= 0.3 is 0 Å². The molecular weight excluding hydrogens is 440 g/mol. The van der Waals surface area contributed by atoms with Gasteiger partial charge in [-0.25, -0.2) is 0 Å². The van der Waals surface area contributed by atoms with Gasteiger partial charge in [-0.05, 0) is 44.6 Å². The van der Waals surface area contributed by atoms with Crippen molar-refractivity contribution in [2.75, 3.05) is 7.11 Å². The van der Waals surface area contributed by atoms with Crippen LogP contribution in [0.4, 0.5) is 0 Å². The molecule has 2 aliphatic heterocycles. The van der Waals surface area contributed by atoms with Crippen LogP contribution in [0.1, 0.15) is 37.7 Å².